The number of carbonyl (C=O) groups is 2. The van der Waals surface area contributed by atoms with Crippen molar-refractivity contribution >= 4 is 23.6 Å². The van der Waals surface area contributed by atoms with Gasteiger partial charge in [0.2, 0.25) is 5.91 Å². The number of aryl methyl sites for hydroxylation is 1. The third-order valence-corrected chi connectivity index (χ3v) is 5.31. The Hall–Kier alpha value is -1.49. The molecule has 2 unspecified atom stereocenters. The topological polar surface area (TPSA) is 49.4 Å². The van der Waals surface area contributed by atoms with Crippen LogP contribution in [0, 0.1) is 6.92 Å². The quantitative estimate of drug-likeness (QED) is 0.923. The smallest absolute Gasteiger partial charge is 0.255 e. The van der Waals surface area contributed by atoms with Gasteiger partial charge in [0, 0.05) is 16.9 Å². The molecule has 0 bridgehead atoms. The molecule has 1 heterocycles. The molecule has 2 amide bonds. The Labute approximate surface area is 143 Å². The monoisotopic (exact) mass is 334 g/mol. The van der Waals surface area contributed by atoms with Crippen molar-refractivity contribution in [3.63, 3.8) is 0 Å². The molecule has 2 rings (SSSR count). The summed E-state index contributed by atoms with van der Waals surface area (Å²) in [5, 5.41) is 3.06. The molecule has 23 heavy (non-hydrogen) atoms. The average Bonchev–Trinajstić information content (AvgIpc) is 2.89. The number of nitrogens with zero attached hydrogens (tertiary/aromatic N) is 1. The molecule has 1 N–H and O–H groups in total. The summed E-state index contributed by atoms with van der Waals surface area (Å²) < 4.78 is 0. The van der Waals surface area contributed by atoms with Crippen molar-refractivity contribution in [2.45, 2.75) is 58.0 Å². The fourth-order valence-electron chi connectivity index (χ4n) is 2.76. The van der Waals surface area contributed by atoms with E-state index in [1.807, 2.05) is 52.0 Å². The Morgan fingerprint density at radius 2 is 1.96 bits per heavy atom. The van der Waals surface area contributed by atoms with Gasteiger partial charge in [-0.2, -0.15) is 0 Å². The van der Waals surface area contributed by atoms with E-state index < -0.39 is 6.04 Å². The van der Waals surface area contributed by atoms with E-state index in [0.29, 0.717) is 11.3 Å². The van der Waals surface area contributed by atoms with E-state index in [9.17, 15) is 9.59 Å². The predicted octanol–water partition coefficient (Wildman–Crippen LogP) is 3.20. The first-order chi connectivity index (χ1) is 10.7. The van der Waals surface area contributed by atoms with Gasteiger partial charge in [0.15, 0.2) is 0 Å². The zero-order chi connectivity index (χ0) is 17.2. The first-order valence-electron chi connectivity index (χ1n) is 8.06. The third-order valence-electron chi connectivity index (χ3n) is 3.85. The number of thioether (sulfide) groups is 1. The van der Waals surface area contributed by atoms with Gasteiger partial charge in [0.05, 0.1) is 5.37 Å². The molecule has 1 aromatic carbocycles. The van der Waals surface area contributed by atoms with Crippen LogP contribution in [0.3, 0.4) is 0 Å². The lowest BCUT2D eigenvalue weighted by atomic mass is 10.1. The highest BCUT2D eigenvalue weighted by atomic mass is 32.2. The zero-order valence-electron chi connectivity index (χ0n) is 14.6. The summed E-state index contributed by atoms with van der Waals surface area (Å²) in [7, 11) is 0. The van der Waals surface area contributed by atoms with Crippen molar-refractivity contribution in [3.05, 3.63) is 35.4 Å². The van der Waals surface area contributed by atoms with Crippen molar-refractivity contribution in [1.82, 2.24) is 10.2 Å². The van der Waals surface area contributed by atoms with E-state index in [0.717, 1.165) is 12.0 Å². The molecule has 2 atom stereocenters. The molecule has 4 nitrogen and oxygen atoms in total. The molecule has 5 heteroatoms. The van der Waals surface area contributed by atoms with Gasteiger partial charge >= 0.3 is 0 Å². The van der Waals surface area contributed by atoms with Gasteiger partial charge < -0.3 is 10.2 Å². The molecule has 126 valence electrons. The van der Waals surface area contributed by atoms with Crippen molar-refractivity contribution in [2.24, 2.45) is 0 Å². The molecular formula is C18H26N2O2S. The highest BCUT2D eigenvalue weighted by Gasteiger charge is 2.41. The van der Waals surface area contributed by atoms with Gasteiger partial charge in [-0.3, -0.25) is 9.59 Å². The summed E-state index contributed by atoms with van der Waals surface area (Å²) in [6.45, 7) is 9.86. The maximum absolute atomic E-state index is 13.1. The first kappa shape index (κ1) is 17.9. The fourth-order valence-corrected chi connectivity index (χ4v) is 4.11. The first-order valence-corrected chi connectivity index (χ1v) is 9.11. The molecule has 1 fully saturated rings. The Morgan fingerprint density at radius 3 is 2.52 bits per heavy atom. The SMILES string of the molecule is CCC1SCC(C(=O)NC(C)(C)C)N1C(=O)c1ccccc1C. The standard InChI is InChI=1S/C18H26N2O2S/c1-6-15-20(17(22)13-10-8-7-9-12(13)2)14(11-23-15)16(21)19-18(3,4)5/h7-10,14-15H,6,11H2,1-5H3,(H,19,21). The van der Waals surface area contributed by atoms with Crippen LogP contribution in [-0.4, -0.2) is 39.4 Å². The summed E-state index contributed by atoms with van der Waals surface area (Å²) >= 11 is 1.69. The van der Waals surface area contributed by atoms with Crippen LogP contribution in [0.15, 0.2) is 24.3 Å². The molecule has 0 aromatic heterocycles. The molecule has 1 saturated heterocycles. The number of nitrogens with one attached hydrogen (secondary N) is 1. The summed E-state index contributed by atoms with van der Waals surface area (Å²) in [6, 6.07) is 7.16. The van der Waals surface area contributed by atoms with E-state index in [1.165, 1.54) is 0 Å². The summed E-state index contributed by atoms with van der Waals surface area (Å²) in [4.78, 5) is 27.5. The maximum atomic E-state index is 13.1. The van der Waals surface area contributed by atoms with Crippen molar-refractivity contribution in [1.29, 1.82) is 0 Å². The lowest BCUT2D eigenvalue weighted by Gasteiger charge is -2.31. The second-order valence-electron chi connectivity index (χ2n) is 6.98. The molecule has 0 aliphatic carbocycles. The number of hydrogen-bond donors (Lipinski definition) is 1. The van der Waals surface area contributed by atoms with E-state index >= 15 is 0 Å². The predicted molar refractivity (Wildman–Crippen MR) is 95.6 cm³/mol. The average molecular weight is 334 g/mol. The van der Waals surface area contributed by atoms with Crippen LogP contribution < -0.4 is 5.32 Å². The molecule has 0 spiro atoms. The van der Waals surface area contributed by atoms with E-state index in [4.69, 9.17) is 0 Å². The Kier molecular flexibility index (Phi) is 5.40. The van der Waals surface area contributed by atoms with Crippen LogP contribution >= 0.6 is 11.8 Å². The Bertz CT molecular complexity index is 595. The molecule has 0 radical (unpaired) electrons. The second-order valence-corrected chi connectivity index (χ2v) is 8.19. The Morgan fingerprint density at radius 1 is 1.30 bits per heavy atom. The van der Waals surface area contributed by atoms with Gasteiger partial charge in [0.25, 0.3) is 5.91 Å². The van der Waals surface area contributed by atoms with E-state index in [2.05, 4.69) is 12.2 Å². The van der Waals surface area contributed by atoms with Crippen molar-refractivity contribution < 1.29 is 9.59 Å². The number of carbonyl (C=O) groups excluding carboxylic acids is 2. The highest BCUT2D eigenvalue weighted by molar-refractivity contribution is 8.00. The van der Waals surface area contributed by atoms with Crippen molar-refractivity contribution in [2.75, 3.05) is 5.75 Å². The van der Waals surface area contributed by atoms with Crippen LogP contribution in [0.1, 0.15) is 50.0 Å². The van der Waals surface area contributed by atoms with Gasteiger partial charge in [0.1, 0.15) is 6.04 Å². The fraction of sp³-hybridized carbons (Fsp3) is 0.556. The van der Waals surface area contributed by atoms with Gasteiger partial charge in [-0.05, 0) is 45.7 Å². The van der Waals surface area contributed by atoms with Crippen LogP contribution in [0.2, 0.25) is 0 Å². The van der Waals surface area contributed by atoms with Gasteiger partial charge in [-0.1, -0.05) is 25.1 Å². The number of benzene rings is 1. The second kappa shape index (κ2) is 6.95. The lowest BCUT2D eigenvalue weighted by molar-refractivity contribution is -0.126. The van der Waals surface area contributed by atoms with E-state index in [-0.39, 0.29) is 22.7 Å². The molecule has 1 aliphatic rings. The van der Waals surface area contributed by atoms with Crippen molar-refractivity contribution in [3.8, 4) is 0 Å². The van der Waals surface area contributed by atoms with Crippen LogP contribution in [0.5, 0.6) is 0 Å². The summed E-state index contributed by atoms with van der Waals surface area (Å²) in [5.41, 5.74) is 1.32. The molecule has 1 aromatic rings. The minimum atomic E-state index is -0.406. The number of amides is 2. The van der Waals surface area contributed by atoms with E-state index in [1.54, 1.807) is 16.7 Å². The minimum absolute atomic E-state index is 0.0472. The molecular weight excluding hydrogens is 308 g/mol. The molecule has 0 saturated carbocycles. The maximum Gasteiger partial charge on any atom is 0.255 e. The lowest BCUT2D eigenvalue weighted by Crippen LogP contribution is -2.53. The highest BCUT2D eigenvalue weighted by Crippen LogP contribution is 2.33. The molecule has 1 aliphatic heterocycles. The number of rotatable bonds is 3. The Balaban J connectivity index is 2.29. The number of hydrogen-bond acceptors (Lipinski definition) is 3. The minimum Gasteiger partial charge on any atom is -0.350 e. The van der Waals surface area contributed by atoms with Gasteiger partial charge in [-0.15, -0.1) is 11.8 Å². The van der Waals surface area contributed by atoms with Crippen LogP contribution in [0.4, 0.5) is 0 Å². The largest absolute Gasteiger partial charge is 0.350 e. The third kappa shape index (κ3) is 4.08. The van der Waals surface area contributed by atoms with Crippen LogP contribution in [-0.2, 0) is 4.79 Å². The summed E-state index contributed by atoms with van der Waals surface area (Å²) in [5.74, 6) is 0.537. The van der Waals surface area contributed by atoms with Crippen LogP contribution in [0.25, 0.3) is 0 Å². The zero-order valence-corrected chi connectivity index (χ0v) is 15.4. The summed E-state index contributed by atoms with van der Waals surface area (Å²) in [6.07, 6.45) is 0.835. The normalized spacial score (nSPS) is 21.3. The van der Waals surface area contributed by atoms with Gasteiger partial charge in [-0.25, -0.2) is 0 Å².